The smallest absolute Gasteiger partial charge is 0.249 e. The molecule has 0 saturated carbocycles. The fraction of sp³-hybridized carbons (Fsp3) is 0.478. The number of anilines is 1. The lowest BCUT2D eigenvalue weighted by atomic mass is 10.1. The van der Waals surface area contributed by atoms with Gasteiger partial charge in [0.05, 0.1) is 19.3 Å². The van der Waals surface area contributed by atoms with Crippen molar-refractivity contribution < 1.29 is 19.1 Å². The predicted molar refractivity (Wildman–Crippen MR) is 122 cm³/mol. The Morgan fingerprint density at radius 3 is 2.59 bits per heavy atom. The Morgan fingerprint density at radius 1 is 1.06 bits per heavy atom. The van der Waals surface area contributed by atoms with E-state index in [2.05, 4.69) is 15.1 Å². The zero-order chi connectivity index (χ0) is 22.9. The van der Waals surface area contributed by atoms with Gasteiger partial charge in [-0.25, -0.2) is 0 Å². The van der Waals surface area contributed by atoms with E-state index in [1.807, 2.05) is 48.2 Å². The fourth-order valence-electron chi connectivity index (χ4n) is 3.68. The van der Waals surface area contributed by atoms with Gasteiger partial charge in [-0.15, -0.1) is 10.2 Å². The van der Waals surface area contributed by atoms with Crippen molar-refractivity contribution in [1.29, 1.82) is 0 Å². The Morgan fingerprint density at radius 2 is 1.91 bits per heavy atom. The number of nitrogens with zero attached hydrogens (tertiary/aromatic N) is 5. The highest BCUT2D eigenvalue weighted by Crippen LogP contribution is 2.23. The molecule has 1 aliphatic heterocycles. The van der Waals surface area contributed by atoms with Crippen LogP contribution in [0.15, 0.2) is 36.4 Å². The molecule has 3 rings (SSSR count). The molecule has 9 nitrogen and oxygen atoms in total. The number of hydrogen-bond acceptors (Lipinski definition) is 7. The summed E-state index contributed by atoms with van der Waals surface area (Å²) in [5.41, 5.74) is 1.72. The van der Waals surface area contributed by atoms with E-state index in [1.54, 1.807) is 7.11 Å². The molecule has 9 heteroatoms. The van der Waals surface area contributed by atoms with Gasteiger partial charge in [-0.1, -0.05) is 12.1 Å². The number of hydrogen-bond donors (Lipinski definition) is 0. The van der Waals surface area contributed by atoms with Crippen LogP contribution < -0.4 is 9.64 Å². The first kappa shape index (κ1) is 23.5. The van der Waals surface area contributed by atoms with Crippen molar-refractivity contribution in [2.45, 2.75) is 13.3 Å². The molecule has 2 amide bonds. The molecule has 0 unspecified atom stereocenters. The van der Waals surface area contributed by atoms with E-state index in [1.165, 1.54) is 12.0 Å². The Labute approximate surface area is 188 Å². The maximum absolute atomic E-state index is 12.8. The van der Waals surface area contributed by atoms with Gasteiger partial charge in [-0.2, -0.15) is 0 Å². The number of carbonyl (C=O) groups is 2. The fourth-order valence-corrected chi connectivity index (χ4v) is 3.68. The van der Waals surface area contributed by atoms with E-state index in [0.29, 0.717) is 26.2 Å². The molecule has 0 atom stereocenters. The van der Waals surface area contributed by atoms with Crippen LogP contribution in [0.5, 0.6) is 5.75 Å². The Hall–Kier alpha value is -3.20. The van der Waals surface area contributed by atoms with Gasteiger partial charge in [-0.3, -0.25) is 9.59 Å². The average molecular weight is 442 g/mol. The molecule has 2 aromatic rings. The van der Waals surface area contributed by atoms with Crippen LogP contribution in [-0.4, -0.2) is 91.9 Å². The molecule has 172 valence electrons. The molecule has 1 aromatic carbocycles. The van der Waals surface area contributed by atoms with Gasteiger partial charge in [0.25, 0.3) is 0 Å². The minimum Gasteiger partial charge on any atom is -0.497 e. The largest absolute Gasteiger partial charge is 0.497 e. The van der Waals surface area contributed by atoms with Gasteiger partial charge >= 0.3 is 0 Å². The quantitative estimate of drug-likeness (QED) is 0.616. The van der Waals surface area contributed by atoms with Crippen molar-refractivity contribution in [1.82, 2.24) is 20.0 Å². The maximum Gasteiger partial charge on any atom is 0.249 e. The third-order valence-corrected chi connectivity index (χ3v) is 5.52. The molecule has 0 aliphatic carbocycles. The molecule has 1 fully saturated rings. The zero-order valence-corrected chi connectivity index (χ0v) is 19.0. The molecule has 2 heterocycles. The summed E-state index contributed by atoms with van der Waals surface area (Å²) in [7, 11) is 3.11. The Bertz CT molecular complexity index is 906. The van der Waals surface area contributed by atoms with E-state index in [-0.39, 0.29) is 25.0 Å². The minimum absolute atomic E-state index is 0.0146. The molecular weight excluding hydrogens is 410 g/mol. The van der Waals surface area contributed by atoms with Gasteiger partial charge in [0.2, 0.25) is 11.8 Å². The summed E-state index contributed by atoms with van der Waals surface area (Å²) in [6.45, 7) is 5.08. The monoisotopic (exact) mass is 441 g/mol. The third kappa shape index (κ3) is 5.94. The standard InChI is InChI=1S/C23H31N5O4/c1-4-26(23(30)17-31-2)16-22(29)28-12-6-11-27(13-14-28)21-10-9-20(24-25-21)18-7-5-8-19(15-18)32-3/h5,7-10,15H,4,6,11-14,16-17H2,1-3H3. The Balaban J connectivity index is 1.60. The first-order valence-electron chi connectivity index (χ1n) is 10.8. The lowest BCUT2D eigenvalue weighted by Gasteiger charge is -2.26. The number of rotatable bonds is 8. The van der Waals surface area contributed by atoms with E-state index in [4.69, 9.17) is 9.47 Å². The number of amides is 2. The van der Waals surface area contributed by atoms with Gasteiger partial charge in [0.15, 0.2) is 5.82 Å². The third-order valence-electron chi connectivity index (χ3n) is 5.52. The summed E-state index contributed by atoms with van der Waals surface area (Å²) in [5, 5.41) is 8.80. The van der Waals surface area contributed by atoms with Crippen LogP contribution in [0.3, 0.4) is 0 Å². The van der Waals surface area contributed by atoms with Crippen molar-refractivity contribution in [2.24, 2.45) is 0 Å². The van der Waals surface area contributed by atoms with Crippen LogP contribution in [0.4, 0.5) is 5.82 Å². The first-order valence-corrected chi connectivity index (χ1v) is 10.8. The molecule has 32 heavy (non-hydrogen) atoms. The topological polar surface area (TPSA) is 88.1 Å². The maximum atomic E-state index is 12.8. The van der Waals surface area contributed by atoms with Crippen molar-refractivity contribution >= 4 is 17.6 Å². The van der Waals surface area contributed by atoms with Gasteiger partial charge in [0.1, 0.15) is 12.4 Å². The number of benzene rings is 1. The van der Waals surface area contributed by atoms with Crippen molar-refractivity contribution in [3.8, 4) is 17.0 Å². The minimum atomic E-state index is -0.175. The van der Waals surface area contributed by atoms with Crippen LogP contribution in [-0.2, 0) is 14.3 Å². The van der Waals surface area contributed by atoms with Gasteiger partial charge < -0.3 is 24.2 Å². The SMILES string of the molecule is CCN(CC(=O)N1CCCN(c2ccc(-c3cccc(OC)c3)nn2)CC1)C(=O)COC. The summed E-state index contributed by atoms with van der Waals surface area (Å²) in [5.74, 6) is 1.34. The molecular formula is C23H31N5O4. The molecule has 0 radical (unpaired) electrons. The second kappa shape index (κ2) is 11.4. The highest BCUT2D eigenvalue weighted by molar-refractivity contribution is 5.85. The number of likely N-dealkylation sites (N-methyl/N-ethyl adjacent to an activating group) is 1. The van der Waals surface area contributed by atoms with Crippen molar-refractivity contribution in [2.75, 3.05) is 65.0 Å². The molecule has 0 bridgehead atoms. The van der Waals surface area contributed by atoms with Crippen LogP contribution in [0.25, 0.3) is 11.3 Å². The second-order valence-electron chi connectivity index (χ2n) is 7.57. The second-order valence-corrected chi connectivity index (χ2v) is 7.57. The zero-order valence-electron chi connectivity index (χ0n) is 19.0. The van der Waals surface area contributed by atoms with Crippen molar-refractivity contribution in [3.05, 3.63) is 36.4 Å². The van der Waals surface area contributed by atoms with Gasteiger partial charge in [-0.05, 0) is 37.6 Å². The number of aromatic nitrogens is 2. The number of methoxy groups -OCH3 is 2. The summed E-state index contributed by atoms with van der Waals surface area (Å²) in [4.78, 5) is 30.3. The van der Waals surface area contributed by atoms with Crippen LogP contribution in [0.2, 0.25) is 0 Å². The molecule has 0 N–H and O–H groups in total. The van der Waals surface area contributed by atoms with Crippen LogP contribution in [0, 0.1) is 0 Å². The lowest BCUT2D eigenvalue weighted by Crippen LogP contribution is -2.45. The normalized spacial score (nSPS) is 14.1. The highest BCUT2D eigenvalue weighted by atomic mass is 16.5. The van der Waals surface area contributed by atoms with E-state index in [9.17, 15) is 9.59 Å². The molecule has 0 spiro atoms. The number of carbonyl (C=O) groups excluding carboxylic acids is 2. The molecule has 1 saturated heterocycles. The molecule has 1 aliphatic rings. The summed E-state index contributed by atoms with van der Waals surface area (Å²) in [6.07, 6.45) is 0.823. The van der Waals surface area contributed by atoms with Gasteiger partial charge in [0, 0.05) is 45.4 Å². The van der Waals surface area contributed by atoms with Crippen LogP contribution >= 0.6 is 0 Å². The summed E-state index contributed by atoms with van der Waals surface area (Å²) in [6, 6.07) is 11.6. The first-order chi connectivity index (χ1) is 15.5. The Kier molecular flexibility index (Phi) is 8.38. The summed E-state index contributed by atoms with van der Waals surface area (Å²) < 4.78 is 10.2. The average Bonchev–Trinajstić information content (AvgIpc) is 3.09. The molecule has 1 aromatic heterocycles. The predicted octanol–water partition coefficient (Wildman–Crippen LogP) is 1.69. The highest BCUT2D eigenvalue weighted by Gasteiger charge is 2.23. The lowest BCUT2D eigenvalue weighted by molar-refractivity contribution is -0.142. The van der Waals surface area contributed by atoms with Crippen LogP contribution in [0.1, 0.15) is 13.3 Å². The van der Waals surface area contributed by atoms with E-state index in [0.717, 1.165) is 35.8 Å². The van der Waals surface area contributed by atoms with Crippen molar-refractivity contribution in [3.63, 3.8) is 0 Å². The summed E-state index contributed by atoms with van der Waals surface area (Å²) >= 11 is 0. The van der Waals surface area contributed by atoms with E-state index < -0.39 is 0 Å². The van der Waals surface area contributed by atoms with E-state index >= 15 is 0 Å². The number of ether oxygens (including phenoxy) is 2.